The SMILES string of the molecule is O=C(Nc1cnccn1)C1=C2C=C3CC3=C2C=C1. The smallest absolute Gasteiger partial charge is 0.257 e. The van der Waals surface area contributed by atoms with E-state index in [4.69, 9.17) is 0 Å². The number of carbonyl (C=O) groups excluding carboxylic acids is 1. The number of anilines is 1. The Morgan fingerprint density at radius 1 is 1.22 bits per heavy atom. The summed E-state index contributed by atoms with van der Waals surface area (Å²) >= 11 is 0. The van der Waals surface area contributed by atoms with E-state index in [0.717, 1.165) is 12.0 Å². The molecule has 1 aromatic rings. The highest BCUT2D eigenvalue weighted by atomic mass is 16.1. The van der Waals surface area contributed by atoms with Crippen molar-refractivity contribution in [3.05, 3.63) is 64.7 Å². The van der Waals surface area contributed by atoms with Crippen LogP contribution in [0.15, 0.2) is 64.7 Å². The summed E-state index contributed by atoms with van der Waals surface area (Å²) in [5.41, 5.74) is 5.74. The van der Waals surface area contributed by atoms with Crippen molar-refractivity contribution in [3.63, 3.8) is 0 Å². The van der Waals surface area contributed by atoms with Crippen molar-refractivity contribution in [3.8, 4) is 0 Å². The molecule has 4 heteroatoms. The molecule has 3 aliphatic rings. The molecule has 18 heavy (non-hydrogen) atoms. The quantitative estimate of drug-likeness (QED) is 0.852. The lowest BCUT2D eigenvalue weighted by Crippen LogP contribution is -2.14. The molecule has 4 rings (SSSR count). The molecule has 1 N–H and O–H groups in total. The van der Waals surface area contributed by atoms with Gasteiger partial charge >= 0.3 is 0 Å². The van der Waals surface area contributed by atoms with Gasteiger partial charge in [0.1, 0.15) is 0 Å². The molecule has 3 aliphatic carbocycles. The fourth-order valence-corrected chi connectivity index (χ4v) is 2.38. The molecule has 86 valence electrons. The third-order valence-corrected chi connectivity index (χ3v) is 3.32. The maximum Gasteiger partial charge on any atom is 0.257 e. The maximum atomic E-state index is 12.1. The van der Waals surface area contributed by atoms with Gasteiger partial charge in [0.05, 0.1) is 6.20 Å². The van der Waals surface area contributed by atoms with Gasteiger partial charge in [-0.25, -0.2) is 4.98 Å². The number of allylic oxidation sites excluding steroid dienone is 6. The molecule has 0 bridgehead atoms. The van der Waals surface area contributed by atoms with E-state index in [-0.39, 0.29) is 5.91 Å². The fourth-order valence-electron chi connectivity index (χ4n) is 2.38. The van der Waals surface area contributed by atoms with Gasteiger partial charge in [-0.15, -0.1) is 0 Å². The van der Waals surface area contributed by atoms with E-state index in [0.29, 0.717) is 11.4 Å². The first-order chi connectivity index (χ1) is 8.83. The molecule has 4 nitrogen and oxygen atoms in total. The number of aromatic nitrogens is 2. The van der Waals surface area contributed by atoms with Gasteiger partial charge in [0.25, 0.3) is 5.91 Å². The van der Waals surface area contributed by atoms with Gasteiger partial charge in [0.15, 0.2) is 5.82 Å². The molecular weight excluding hydrogens is 226 g/mol. The predicted octanol–water partition coefficient (Wildman–Crippen LogP) is 1.92. The Balaban J connectivity index is 1.64. The van der Waals surface area contributed by atoms with Gasteiger partial charge in [-0.05, 0) is 40.9 Å². The molecule has 1 saturated carbocycles. The van der Waals surface area contributed by atoms with E-state index >= 15 is 0 Å². The second kappa shape index (κ2) is 3.26. The Morgan fingerprint density at radius 3 is 3.00 bits per heavy atom. The zero-order valence-corrected chi connectivity index (χ0v) is 9.47. The Bertz CT molecular complexity index is 693. The van der Waals surface area contributed by atoms with Crippen LogP contribution in [0.3, 0.4) is 0 Å². The van der Waals surface area contributed by atoms with Gasteiger partial charge in [-0.1, -0.05) is 6.08 Å². The lowest BCUT2D eigenvalue weighted by Gasteiger charge is -2.04. The van der Waals surface area contributed by atoms with E-state index in [1.165, 1.54) is 22.9 Å². The van der Waals surface area contributed by atoms with E-state index in [1.807, 2.05) is 12.2 Å². The average molecular weight is 235 g/mol. The molecule has 0 atom stereocenters. The van der Waals surface area contributed by atoms with Crippen LogP contribution in [-0.4, -0.2) is 15.9 Å². The summed E-state index contributed by atoms with van der Waals surface area (Å²) in [6.45, 7) is 0. The molecule has 0 aliphatic heterocycles. The number of hydrogen-bond donors (Lipinski definition) is 1. The summed E-state index contributed by atoms with van der Waals surface area (Å²) in [6.07, 6.45) is 11.7. The standard InChI is InChI=1S/C14H9N3O/c18-14(17-13-7-15-3-4-16-13)10-2-1-9-11-5-8(11)6-12(9)10/h1-4,6-7H,5H2,(H,16,17,18). The Hall–Kier alpha value is -2.49. The maximum absolute atomic E-state index is 12.1. The largest absolute Gasteiger partial charge is 0.305 e. The monoisotopic (exact) mass is 235 g/mol. The Labute approximate surface area is 103 Å². The lowest BCUT2D eigenvalue weighted by molar-refractivity contribution is -0.112. The van der Waals surface area contributed by atoms with Crippen LogP contribution in [0.4, 0.5) is 5.82 Å². The normalized spacial score (nSPS) is 18.8. The van der Waals surface area contributed by atoms with Crippen LogP contribution in [-0.2, 0) is 4.79 Å². The highest BCUT2D eigenvalue weighted by Crippen LogP contribution is 2.51. The average Bonchev–Trinajstić information content (AvgIpc) is 2.86. The molecular formula is C14H9N3O. The van der Waals surface area contributed by atoms with Crippen molar-refractivity contribution in [2.45, 2.75) is 6.42 Å². The minimum Gasteiger partial charge on any atom is -0.305 e. The first-order valence-corrected chi connectivity index (χ1v) is 5.77. The second-order valence-corrected chi connectivity index (χ2v) is 4.44. The topological polar surface area (TPSA) is 54.9 Å². The van der Waals surface area contributed by atoms with Crippen LogP contribution in [0, 0.1) is 0 Å². The fraction of sp³-hybridized carbons (Fsp3) is 0.0714. The van der Waals surface area contributed by atoms with E-state index in [1.54, 1.807) is 12.4 Å². The lowest BCUT2D eigenvalue weighted by atomic mass is 10.1. The first-order valence-electron chi connectivity index (χ1n) is 5.77. The summed E-state index contributed by atoms with van der Waals surface area (Å²) in [5, 5.41) is 2.75. The van der Waals surface area contributed by atoms with E-state index in [9.17, 15) is 4.79 Å². The van der Waals surface area contributed by atoms with Gasteiger partial charge in [-0.3, -0.25) is 9.78 Å². The molecule has 0 unspecified atom stereocenters. The highest BCUT2D eigenvalue weighted by Gasteiger charge is 2.35. The summed E-state index contributed by atoms with van der Waals surface area (Å²) in [7, 11) is 0. The highest BCUT2D eigenvalue weighted by molar-refractivity contribution is 6.08. The van der Waals surface area contributed by atoms with E-state index < -0.39 is 0 Å². The molecule has 1 aromatic heterocycles. The van der Waals surface area contributed by atoms with Gasteiger partial charge in [0.2, 0.25) is 0 Å². The van der Waals surface area contributed by atoms with Crippen LogP contribution < -0.4 is 5.32 Å². The van der Waals surface area contributed by atoms with Gasteiger partial charge in [-0.2, -0.15) is 0 Å². The third kappa shape index (κ3) is 1.29. The zero-order valence-electron chi connectivity index (χ0n) is 9.47. The van der Waals surface area contributed by atoms with Crippen molar-refractivity contribution in [1.29, 1.82) is 0 Å². The molecule has 0 aromatic carbocycles. The summed E-state index contributed by atoms with van der Waals surface area (Å²) in [4.78, 5) is 20.1. The van der Waals surface area contributed by atoms with Crippen LogP contribution in [0.2, 0.25) is 0 Å². The molecule has 1 fully saturated rings. The van der Waals surface area contributed by atoms with Crippen LogP contribution >= 0.6 is 0 Å². The number of hydrogen-bond acceptors (Lipinski definition) is 3. The van der Waals surface area contributed by atoms with Gasteiger partial charge < -0.3 is 5.32 Å². The van der Waals surface area contributed by atoms with E-state index in [2.05, 4.69) is 21.4 Å². The number of fused-ring (bicyclic) bond motifs is 2. The number of nitrogens with one attached hydrogen (secondary N) is 1. The molecule has 0 radical (unpaired) electrons. The van der Waals surface area contributed by atoms with Crippen molar-refractivity contribution in [2.75, 3.05) is 5.32 Å². The van der Waals surface area contributed by atoms with Gasteiger partial charge in [0, 0.05) is 18.0 Å². The van der Waals surface area contributed by atoms with Crippen LogP contribution in [0.5, 0.6) is 0 Å². The van der Waals surface area contributed by atoms with Crippen molar-refractivity contribution < 1.29 is 4.79 Å². The second-order valence-electron chi connectivity index (χ2n) is 4.44. The molecule has 0 spiro atoms. The number of nitrogens with zero attached hydrogens (tertiary/aromatic N) is 2. The minimum atomic E-state index is -0.129. The number of amides is 1. The summed E-state index contributed by atoms with van der Waals surface area (Å²) < 4.78 is 0. The number of rotatable bonds is 2. The van der Waals surface area contributed by atoms with Crippen LogP contribution in [0.1, 0.15) is 6.42 Å². The zero-order chi connectivity index (χ0) is 12.1. The van der Waals surface area contributed by atoms with Crippen LogP contribution in [0.25, 0.3) is 0 Å². The van der Waals surface area contributed by atoms with Crippen molar-refractivity contribution in [1.82, 2.24) is 9.97 Å². The summed E-state index contributed by atoms with van der Waals surface area (Å²) in [6, 6.07) is 0. The molecule has 0 saturated heterocycles. The Morgan fingerprint density at radius 2 is 2.17 bits per heavy atom. The third-order valence-electron chi connectivity index (χ3n) is 3.32. The predicted molar refractivity (Wildman–Crippen MR) is 66.6 cm³/mol. The first kappa shape index (κ1) is 9.53. The minimum absolute atomic E-state index is 0.129. The van der Waals surface area contributed by atoms with Crippen molar-refractivity contribution >= 4 is 11.7 Å². The Kier molecular flexibility index (Phi) is 1.73. The molecule has 1 amide bonds. The van der Waals surface area contributed by atoms with Crippen molar-refractivity contribution in [2.24, 2.45) is 0 Å². The number of carbonyl (C=O) groups is 1. The summed E-state index contributed by atoms with van der Waals surface area (Å²) in [5.74, 6) is 0.344. The molecule has 1 heterocycles.